The Morgan fingerprint density at radius 2 is 1.79 bits per heavy atom. The van der Waals surface area contributed by atoms with E-state index in [4.69, 9.17) is 11.6 Å². The van der Waals surface area contributed by atoms with Crippen molar-refractivity contribution in [1.29, 1.82) is 0 Å². The van der Waals surface area contributed by atoms with Crippen LogP contribution in [0.2, 0.25) is 5.15 Å². The molecule has 2 rings (SSSR count). The number of carbonyl (C=O) groups excluding carboxylic acids is 1. The van der Waals surface area contributed by atoms with Crippen LogP contribution in [-0.4, -0.2) is 46.9 Å². The van der Waals surface area contributed by atoms with Crippen LogP contribution in [0.15, 0.2) is 48.7 Å². The van der Waals surface area contributed by atoms with Gasteiger partial charge in [0.2, 0.25) is 0 Å². The monoisotopic (exact) mass is 345 g/mol. The largest absolute Gasteiger partial charge is 0.333 e. The predicted octanol–water partition coefficient (Wildman–Crippen LogP) is 3.72. The Labute approximate surface area is 149 Å². The number of amides is 1. The minimum atomic E-state index is -0.0182. The third kappa shape index (κ3) is 5.32. The van der Waals surface area contributed by atoms with Crippen LogP contribution in [0.4, 0.5) is 0 Å². The van der Waals surface area contributed by atoms with Gasteiger partial charge in [-0.1, -0.05) is 55.8 Å². The SMILES string of the molecule is CCN(CC)CCN(Cc1ccccc1)C(=O)c1ccnc(Cl)c1. The number of hydrogen-bond acceptors (Lipinski definition) is 3. The lowest BCUT2D eigenvalue weighted by atomic mass is 10.2. The molecule has 0 bridgehead atoms. The number of aromatic nitrogens is 1. The first-order chi connectivity index (χ1) is 11.6. The van der Waals surface area contributed by atoms with Crippen molar-refractivity contribution in [1.82, 2.24) is 14.8 Å². The Bertz CT molecular complexity index is 644. The molecule has 1 aromatic heterocycles. The molecule has 1 aromatic carbocycles. The maximum atomic E-state index is 12.9. The molecule has 128 valence electrons. The number of carbonyl (C=O) groups is 1. The Kier molecular flexibility index (Phi) is 7.22. The zero-order valence-electron chi connectivity index (χ0n) is 14.3. The summed E-state index contributed by atoms with van der Waals surface area (Å²) in [5, 5.41) is 0.337. The molecule has 4 nitrogen and oxygen atoms in total. The van der Waals surface area contributed by atoms with E-state index in [9.17, 15) is 4.79 Å². The highest BCUT2D eigenvalue weighted by Crippen LogP contribution is 2.13. The highest BCUT2D eigenvalue weighted by molar-refractivity contribution is 6.29. The second kappa shape index (κ2) is 9.40. The van der Waals surface area contributed by atoms with E-state index in [1.54, 1.807) is 18.3 Å². The molecular formula is C19H24ClN3O. The summed E-state index contributed by atoms with van der Waals surface area (Å²) < 4.78 is 0. The summed E-state index contributed by atoms with van der Waals surface area (Å²) >= 11 is 5.94. The fourth-order valence-electron chi connectivity index (χ4n) is 2.58. The van der Waals surface area contributed by atoms with Crippen LogP contribution in [-0.2, 0) is 6.54 Å². The molecule has 0 saturated heterocycles. The van der Waals surface area contributed by atoms with E-state index < -0.39 is 0 Å². The van der Waals surface area contributed by atoms with Gasteiger partial charge in [0.15, 0.2) is 0 Å². The number of nitrogens with zero attached hydrogens (tertiary/aromatic N) is 3. The number of hydrogen-bond donors (Lipinski definition) is 0. The Morgan fingerprint density at radius 1 is 1.08 bits per heavy atom. The van der Waals surface area contributed by atoms with Crippen molar-refractivity contribution in [2.75, 3.05) is 26.2 Å². The highest BCUT2D eigenvalue weighted by Gasteiger charge is 2.17. The molecule has 0 fully saturated rings. The second-order valence-electron chi connectivity index (χ2n) is 5.61. The van der Waals surface area contributed by atoms with Crippen molar-refractivity contribution in [3.8, 4) is 0 Å². The first-order valence-corrected chi connectivity index (χ1v) is 8.69. The van der Waals surface area contributed by atoms with E-state index in [1.165, 1.54) is 0 Å². The van der Waals surface area contributed by atoms with Crippen LogP contribution in [0.1, 0.15) is 29.8 Å². The molecule has 0 N–H and O–H groups in total. The van der Waals surface area contributed by atoms with E-state index in [2.05, 4.69) is 23.7 Å². The molecule has 0 unspecified atom stereocenters. The number of likely N-dealkylation sites (N-methyl/N-ethyl adjacent to an activating group) is 1. The van der Waals surface area contributed by atoms with Crippen molar-refractivity contribution in [2.24, 2.45) is 0 Å². The van der Waals surface area contributed by atoms with Crippen LogP contribution in [0.5, 0.6) is 0 Å². The molecule has 0 atom stereocenters. The van der Waals surface area contributed by atoms with Crippen molar-refractivity contribution >= 4 is 17.5 Å². The molecule has 0 saturated carbocycles. The van der Waals surface area contributed by atoms with Crippen LogP contribution >= 0.6 is 11.6 Å². The average Bonchev–Trinajstić information content (AvgIpc) is 2.62. The summed E-state index contributed by atoms with van der Waals surface area (Å²) in [5.41, 5.74) is 1.69. The molecule has 0 spiro atoms. The Balaban J connectivity index is 2.16. The Hall–Kier alpha value is -1.91. The van der Waals surface area contributed by atoms with E-state index >= 15 is 0 Å². The fraction of sp³-hybridized carbons (Fsp3) is 0.368. The predicted molar refractivity (Wildman–Crippen MR) is 98.2 cm³/mol. The zero-order valence-corrected chi connectivity index (χ0v) is 15.0. The fourth-order valence-corrected chi connectivity index (χ4v) is 2.75. The number of benzene rings is 1. The molecular weight excluding hydrogens is 322 g/mol. The zero-order chi connectivity index (χ0) is 17.4. The summed E-state index contributed by atoms with van der Waals surface area (Å²) in [4.78, 5) is 21.0. The van der Waals surface area contributed by atoms with Gasteiger partial charge in [0.1, 0.15) is 5.15 Å². The third-order valence-electron chi connectivity index (χ3n) is 4.06. The summed E-state index contributed by atoms with van der Waals surface area (Å²) in [7, 11) is 0. The van der Waals surface area contributed by atoms with Crippen molar-refractivity contribution in [3.05, 3.63) is 64.9 Å². The average molecular weight is 346 g/mol. The van der Waals surface area contributed by atoms with Crippen molar-refractivity contribution in [2.45, 2.75) is 20.4 Å². The summed E-state index contributed by atoms with van der Waals surface area (Å²) in [6.45, 7) is 8.33. The van der Waals surface area contributed by atoms with Gasteiger partial charge in [-0.3, -0.25) is 4.79 Å². The summed E-state index contributed by atoms with van der Waals surface area (Å²) in [6.07, 6.45) is 1.57. The molecule has 0 aliphatic carbocycles. The van der Waals surface area contributed by atoms with E-state index in [0.29, 0.717) is 23.8 Å². The molecule has 0 aliphatic rings. The summed E-state index contributed by atoms with van der Waals surface area (Å²) in [5.74, 6) is -0.0182. The van der Waals surface area contributed by atoms with Crippen LogP contribution in [0.3, 0.4) is 0 Å². The van der Waals surface area contributed by atoms with Crippen LogP contribution in [0, 0.1) is 0 Å². The van der Waals surface area contributed by atoms with Gasteiger partial charge < -0.3 is 9.80 Å². The molecule has 1 amide bonds. The molecule has 1 heterocycles. The van der Waals surface area contributed by atoms with Gasteiger partial charge in [-0.05, 0) is 30.8 Å². The molecule has 5 heteroatoms. The smallest absolute Gasteiger partial charge is 0.254 e. The van der Waals surface area contributed by atoms with Gasteiger partial charge in [0.25, 0.3) is 5.91 Å². The van der Waals surface area contributed by atoms with Gasteiger partial charge in [-0.25, -0.2) is 4.98 Å². The maximum Gasteiger partial charge on any atom is 0.254 e. The quantitative estimate of drug-likeness (QED) is 0.684. The standard InChI is InChI=1S/C19H24ClN3O/c1-3-22(4-2)12-13-23(15-16-8-6-5-7-9-16)19(24)17-10-11-21-18(20)14-17/h5-11,14H,3-4,12-13,15H2,1-2H3. The first-order valence-electron chi connectivity index (χ1n) is 8.31. The molecule has 2 aromatic rings. The number of rotatable bonds is 8. The maximum absolute atomic E-state index is 12.9. The third-order valence-corrected chi connectivity index (χ3v) is 4.26. The van der Waals surface area contributed by atoms with Crippen molar-refractivity contribution in [3.63, 3.8) is 0 Å². The number of pyridine rings is 1. The van der Waals surface area contributed by atoms with E-state index in [1.807, 2.05) is 35.2 Å². The molecule has 24 heavy (non-hydrogen) atoms. The van der Waals surface area contributed by atoms with Crippen LogP contribution in [0.25, 0.3) is 0 Å². The van der Waals surface area contributed by atoms with Gasteiger partial charge >= 0.3 is 0 Å². The van der Waals surface area contributed by atoms with Gasteiger partial charge in [0.05, 0.1) is 0 Å². The lowest BCUT2D eigenvalue weighted by Gasteiger charge is -2.27. The van der Waals surface area contributed by atoms with E-state index in [-0.39, 0.29) is 5.91 Å². The minimum Gasteiger partial charge on any atom is -0.333 e. The Morgan fingerprint density at radius 3 is 2.42 bits per heavy atom. The second-order valence-corrected chi connectivity index (χ2v) is 5.99. The topological polar surface area (TPSA) is 36.4 Å². The van der Waals surface area contributed by atoms with E-state index in [0.717, 1.165) is 25.2 Å². The van der Waals surface area contributed by atoms with Crippen molar-refractivity contribution < 1.29 is 4.79 Å². The first kappa shape index (κ1) is 18.4. The summed E-state index contributed by atoms with van der Waals surface area (Å²) in [6, 6.07) is 13.4. The van der Waals surface area contributed by atoms with Gasteiger partial charge in [0, 0.05) is 31.4 Å². The normalized spacial score (nSPS) is 10.8. The lowest BCUT2D eigenvalue weighted by molar-refractivity contribution is 0.0724. The number of halogens is 1. The minimum absolute atomic E-state index is 0.0182. The van der Waals surface area contributed by atoms with Gasteiger partial charge in [-0.15, -0.1) is 0 Å². The molecule has 0 aliphatic heterocycles. The lowest BCUT2D eigenvalue weighted by Crippen LogP contribution is -2.38. The van der Waals surface area contributed by atoms with Gasteiger partial charge in [-0.2, -0.15) is 0 Å². The molecule has 0 radical (unpaired) electrons. The highest BCUT2D eigenvalue weighted by atomic mass is 35.5. The van der Waals surface area contributed by atoms with Crippen LogP contribution < -0.4 is 0 Å².